The molecular weight excluding hydrogens is 328 g/mol. The first kappa shape index (κ1) is 13.1. The number of hydrogen-bond donors (Lipinski definition) is 0. The van der Waals surface area contributed by atoms with E-state index in [1.54, 1.807) is 0 Å². The Kier molecular flexibility index (Phi) is 3.11. The van der Waals surface area contributed by atoms with Gasteiger partial charge in [0, 0.05) is 4.47 Å². The highest BCUT2D eigenvalue weighted by atomic mass is 79.9. The van der Waals surface area contributed by atoms with Crippen LogP contribution in [0.5, 0.6) is 5.75 Å². The summed E-state index contributed by atoms with van der Waals surface area (Å²) in [5.41, 5.74) is 3.18. The quantitative estimate of drug-likeness (QED) is 0.764. The molecule has 1 saturated carbocycles. The van der Waals surface area contributed by atoms with Gasteiger partial charge in [-0.15, -0.1) is 0 Å². The number of carbonyl (C=O) groups is 1. The second kappa shape index (κ2) is 4.99. The maximum absolute atomic E-state index is 12.3. The Morgan fingerprint density at radius 1 is 1.05 bits per heavy atom. The molecule has 1 fully saturated rings. The van der Waals surface area contributed by atoms with E-state index in [9.17, 15) is 4.79 Å². The highest BCUT2D eigenvalue weighted by Crippen LogP contribution is 2.42. The summed E-state index contributed by atoms with van der Waals surface area (Å²) in [4.78, 5) is 12.3. The second-order valence-electron chi connectivity index (χ2n) is 5.82. The number of carbonyl (C=O) groups excluding carboxylic acids is 1. The fourth-order valence-corrected chi connectivity index (χ4v) is 3.25. The number of ketones is 1. The molecule has 1 unspecified atom stereocenters. The Balaban J connectivity index is 1.68. The van der Waals surface area contributed by atoms with Gasteiger partial charge in [0.05, 0.1) is 12.0 Å². The predicted molar refractivity (Wildman–Crippen MR) is 84.9 cm³/mol. The van der Waals surface area contributed by atoms with Crippen LogP contribution in [0, 0.1) is 0 Å². The third kappa shape index (κ3) is 2.51. The second-order valence-corrected chi connectivity index (χ2v) is 6.73. The first-order valence-corrected chi connectivity index (χ1v) is 8.09. The van der Waals surface area contributed by atoms with E-state index in [0.29, 0.717) is 23.7 Å². The molecule has 2 aliphatic rings. The zero-order valence-corrected chi connectivity index (χ0v) is 13.1. The fourth-order valence-electron chi connectivity index (χ4n) is 2.91. The van der Waals surface area contributed by atoms with Crippen molar-refractivity contribution in [2.45, 2.75) is 31.3 Å². The van der Waals surface area contributed by atoms with E-state index in [4.69, 9.17) is 4.74 Å². The maximum atomic E-state index is 12.3. The minimum atomic E-state index is -0.169. The van der Waals surface area contributed by atoms with Crippen LogP contribution in [-0.4, -0.2) is 5.78 Å². The van der Waals surface area contributed by atoms with Crippen LogP contribution in [0.2, 0.25) is 0 Å². The van der Waals surface area contributed by atoms with Gasteiger partial charge in [-0.2, -0.15) is 0 Å². The van der Waals surface area contributed by atoms with Crippen LogP contribution < -0.4 is 4.74 Å². The van der Waals surface area contributed by atoms with Gasteiger partial charge in [-0.1, -0.05) is 40.2 Å². The lowest BCUT2D eigenvalue weighted by Crippen LogP contribution is -2.20. The molecule has 2 nitrogen and oxygen atoms in total. The van der Waals surface area contributed by atoms with E-state index < -0.39 is 0 Å². The molecule has 0 bridgehead atoms. The summed E-state index contributed by atoms with van der Waals surface area (Å²) in [6.45, 7) is 0. The van der Waals surface area contributed by atoms with Crippen molar-refractivity contribution < 1.29 is 9.53 Å². The van der Waals surface area contributed by atoms with Gasteiger partial charge < -0.3 is 4.74 Å². The summed E-state index contributed by atoms with van der Waals surface area (Å²) in [7, 11) is 0. The lowest BCUT2D eigenvalue weighted by Gasteiger charge is -2.26. The maximum Gasteiger partial charge on any atom is 0.170 e. The zero-order valence-electron chi connectivity index (χ0n) is 11.5. The number of fused-ring (bicyclic) bond motifs is 1. The molecular formula is C18H15BrO2. The number of Topliss-reactive ketones (excluding diaryl/α,β-unsaturated/α-hetero) is 1. The van der Waals surface area contributed by atoms with Crippen LogP contribution in [0.1, 0.15) is 52.8 Å². The number of ether oxygens (including phenoxy) is 1. The van der Waals surface area contributed by atoms with E-state index in [2.05, 4.69) is 40.2 Å². The summed E-state index contributed by atoms with van der Waals surface area (Å²) in [5, 5.41) is 0. The van der Waals surface area contributed by atoms with Gasteiger partial charge in [-0.05, 0) is 48.1 Å². The molecule has 0 N–H and O–H groups in total. The van der Waals surface area contributed by atoms with Gasteiger partial charge >= 0.3 is 0 Å². The lowest BCUT2D eigenvalue weighted by atomic mass is 9.95. The molecule has 2 aromatic carbocycles. The van der Waals surface area contributed by atoms with Crippen molar-refractivity contribution >= 4 is 21.7 Å². The summed E-state index contributed by atoms with van der Waals surface area (Å²) in [5.74, 6) is 1.55. The van der Waals surface area contributed by atoms with Crippen LogP contribution in [-0.2, 0) is 0 Å². The number of hydrogen-bond acceptors (Lipinski definition) is 2. The minimum Gasteiger partial charge on any atom is -0.484 e. The van der Waals surface area contributed by atoms with E-state index in [-0.39, 0.29) is 11.9 Å². The zero-order chi connectivity index (χ0) is 14.4. The first-order valence-electron chi connectivity index (χ1n) is 7.30. The topological polar surface area (TPSA) is 26.3 Å². The standard InChI is InChI=1S/C18H15BrO2/c19-14-6-7-15-16(20)10-17(21-18(15)9-14)13-3-1-2-12(8-13)11-4-5-11/h1-3,6-9,11,17H,4-5,10H2. The average molecular weight is 343 g/mol. The predicted octanol–water partition coefficient (Wildman–Crippen LogP) is 5.03. The monoisotopic (exact) mass is 342 g/mol. The van der Waals surface area contributed by atoms with Crippen molar-refractivity contribution in [3.05, 3.63) is 63.6 Å². The summed E-state index contributed by atoms with van der Waals surface area (Å²) in [6.07, 6.45) is 2.81. The third-order valence-electron chi connectivity index (χ3n) is 4.22. The van der Waals surface area contributed by atoms with Gasteiger partial charge in [-0.3, -0.25) is 4.79 Å². The highest BCUT2D eigenvalue weighted by molar-refractivity contribution is 9.10. The number of rotatable bonds is 2. The van der Waals surface area contributed by atoms with Crippen molar-refractivity contribution in [3.8, 4) is 5.75 Å². The molecule has 0 spiro atoms. The Hall–Kier alpha value is -1.61. The van der Waals surface area contributed by atoms with Crippen LogP contribution in [0.3, 0.4) is 0 Å². The number of halogens is 1. The normalized spacial score (nSPS) is 20.8. The molecule has 1 aliphatic carbocycles. The van der Waals surface area contributed by atoms with Crippen LogP contribution in [0.4, 0.5) is 0 Å². The highest BCUT2D eigenvalue weighted by Gasteiger charge is 2.29. The van der Waals surface area contributed by atoms with E-state index in [1.165, 1.54) is 18.4 Å². The minimum absolute atomic E-state index is 0.158. The van der Waals surface area contributed by atoms with Crippen molar-refractivity contribution in [2.75, 3.05) is 0 Å². The molecule has 4 rings (SSSR count). The molecule has 3 heteroatoms. The van der Waals surface area contributed by atoms with Crippen molar-refractivity contribution in [1.82, 2.24) is 0 Å². The van der Waals surface area contributed by atoms with Gasteiger partial charge in [0.2, 0.25) is 0 Å². The SMILES string of the molecule is O=C1CC(c2cccc(C3CC3)c2)Oc2cc(Br)ccc21. The number of benzene rings is 2. The molecule has 1 aliphatic heterocycles. The summed E-state index contributed by atoms with van der Waals surface area (Å²) < 4.78 is 7.01. The summed E-state index contributed by atoms with van der Waals surface area (Å²) in [6, 6.07) is 14.1. The molecule has 21 heavy (non-hydrogen) atoms. The molecule has 0 amide bonds. The Labute approximate surface area is 132 Å². The van der Waals surface area contributed by atoms with Crippen LogP contribution >= 0.6 is 15.9 Å². The lowest BCUT2D eigenvalue weighted by molar-refractivity contribution is 0.0850. The van der Waals surface area contributed by atoms with Gasteiger partial charge in [0.25, 0.3) is 0 Å². The van der Waals surface area contributed by atoms with E-state index >= 15 is 0 Å². The first-order chi connectivity index (χ1) is 10.2. The molecule has 2 aromatic rings. The van der Waals surface area contributed by atoms with Crippen LogP contribution in [0.25, 0.3) is 0 Å². The smallest absolute Gasteiger partial charge is 0.170 e. The molecule has 1 atom stereocenters. The molecule has 0 radical (unpaired) electrons. The Bertz CT molecular complexity index is 719. The average Bonchev–Trinajstić information content (AvgIpc) is 3.31. The molecule has 106 valence electrons. The molecule has 1 heterocycles. The molecule has 0 aromatic heterocycles. The fraction of sp³-hybridized carbons (Fsp3) is 0.278. The van der Waals surface area contributed by atoms with E-state index in [0.717, 1.165) is 10.0 Å². The van der Waals surface area contributed by atoms with Crippen molar-refractivity contribution in [3.63, 3.8) is 0 Å². The Morgan fingerprint density at radius 2 is 1.86 bits per heavy atom. The summed E-state index contributed by atoms with van der Waals surface area (Å²) >= 11 is 3.43. The van der Waals surface area contributed by atoms with Crippen molar-refractivity contribution in [2.24, 2.45) is 0 Å². The van der Waals surface area contributed by atoms with Gasteiger partial charge in [0.1, 0.15) is 11.9 Å². The third-order valence-corrected chi connectivity index (χ3v) is 4.71. The molecule has 0 saturated heterocycles. The van der Waals surface area contributed by atoms with Gasteiger partial charge in [-0.25, -0.2) is 0 Å². The van der Waals surface area contributed by atoms with Crippen molar-refractivity contribution in [1.29, 1.82) is 0 Å². The van der Waals surface area contributed by atoms with Gasteiger partial charge in [0.15, 0.2) is 5.78 Å². The largest absolute Gasteiger partial charge is 0.484 e. The Morgan fingerprint density at radius 3 is 2.67 bits per heavy atom. The van der Waals surface area contributed by atoms with E-state index in [1.807, 2.05) is 18.2 Å². The van der Waals surface area contributed by atoms with Crippen LogP contribution in [0.15, 0.2) is 46.9 Å².